The fourth-order valence-electron chi connectivity index (χ4n) is 0.698. The maximum Gasteiger partial charge on any atom is 0.389 e. The van der Waals surface area contributed by atoms with Crippen molar-refractivity contribution in [3.05, 3.63) is 18.2 Å². The Labute approximate surface area is 61.5 Å². The van der Waals surface area contributed by atoms with E-state index in [9.17, 15) is 13.2 Å². The highest BCUT2D eigenvalue weighted by atomic mass is 19.4. The van der Waals surface area contributed by atoms with Gasteiger partial charge in [0, 0.05) is 18.3 Å². The van der Waals surface area contributed by atoms with Gasteiger partial charge in [0.1, 0.15) is 0 Å². The van der Waals surface area contributed by atoms with Crippen molar-refractivity contribution in [1.82, 2.24) is 9.97 Å². The summed E-state index contributed by atoms with van der Waals surface area (Å²) in [5.74, 6) is 0. The molecular weight excluding hydrogens is 157 g/mol. The van der Waals surface area contributed by atoms with Gasteiger partial charge in [0.05, 0.1) is 6.33 Å². The Bertz CT molecular complexity index is 202. The summed E-state index contributed by atoms with van der Waals surface area (Å²) in [5.41, 5.74) is 0.516. The number of aryl methyl sites for hydroxylation is 1. The average molecular weight is 164 g/mol. The fraction of sp³-hybridized carbons (Fsp3) is 0.500. The lowest BCUT2D eigenvalue weighted by Crippen LogP contribution is -2.08. The molecule has 0 aliphatic rings. The van der Waals surface area contributed by atoms with Crippen LogP contribution in [0.2, 0.25) is 0 Å². The number of hydrogen-bond donors (Lipinski definition) is 1. The van der Waals surface area contributed by atoms with E-state index in [-0.39, 0.29) is 6.42 Å². The van der Waals surface area contributed by atoms with E-state index in [1.54, 1.807) is 0 Å². The molecule has 1 N–H and O–H groups in total. The predicted octanol–water partition coefficient (Wildman–Crippen LogP) is 1.90. The van der Waals surface area contributed by atoms with Gasteiger partial charge >= 0.3 is 6.18 Å². The maximum atomic E-state index is 11.6. The van der Waals surface area contributed by atoms with Crippen LogP contribution in [0, 0.1) is 0 Å². The third-order valence-corrected chi connectivity index (χ3v) is 1.23. The molecule has 0 saturated carbocycles. The van der Waals surface area contributed by atoms with Gasteiger partial charge in [0.15, 0.2) is 0 Å². The molecule has 0 amide bonds. The van der Waals surface area contributed by atoms with Crippen LogP contribution in [0.3, 0.4) is 0 Å². The first kappa shape index (κ1) is 8.10. The van der Waals surface area contributed by atoms with Crippen molar-refractivity contribution in [2.24, 2.45) is 0 Å². The smallest absolute Gasteiger partial charge is 0.348 e. The van der Waals surface area contributed by atoms with Crippen molar-refractivity contribution in [2.75, 3.05) is 0 Å². The Morgan fingerprint density at radius 1 is 1.45 bits per heavy atom. The van der Waals surface area contributed by atoms with Crippen molar-refractivity contribution in [2.45, 2.75) is 19.0 Å². The molecule has 0 aromatic carbocycles. The average Bonchev–Trinajstić information content (AvgIpc) is 2.32. The molecule has 0 spiro atoms. The summed E-state index contributed by atoms with van der Waals surface area (Å²) in [6.07, 6.45) is -2.14. The highest BCUT2D eigenvalue weighted by Crippen LogP contribution is 2.21. The minimum atomic E-state index is -4.08. The monoisotopic (exact) mass is 164 g/mol. The summed E-state index contributed by atoms with van der Waals surface area (Å²) in [6, 6.07) is 0. The Kier molecular flexibility index (Phi) is 2.16. The first-order valence-corrected chi connectivity index (χ1v) is 3.12. The molecule has 0 saturated heterocycles. The van der Waals surface area contributed by atoms with E-state index in [4.69, 9.17) is 0 Å². The molecular formula is C6H7F3N2. The number of H-pyrrole nitrogens is 1. The molecule has 0 bridgehead atoms. The second-order valence-corrected chi connectivity index (χ2v) is 2.19. The van der Waals surface area contributed by atoms with Crippen LogP contribution in [0.25, 0.3) is 0 Å². The third-order valence-electron chi connectivity index (χ3n) is 1.23. The van der Waals surface area contributed by atoms with Crippen molar-refractivity contribution in [3.8, 4) is 0 Å². The van der Waals surface area contributed by atoms with E-state index in [1.165, 1.54) is 12.5 Å². The number of hydrogen-bond acceptors (Lipinski definition) is 1. The Hall–Kier alpha value is -1.00. The molecule has 0 atom stereocenters. The van der Waals surface area contributed by atoms with Gasteiger partial charge in [-0.15, -0.1) is 0 Å². The van der Waals surface area contributed by atoms with Crippen molar-refractivity contribution in [1.29, 1.82) is 0 Å². The lowest BCUT2D eigenvalue weighted by molar-refractivity contribution is -0.134. The molecule has 1 aromatic heterocycles. The molecule has 1 heterocycles. The number of aromatic nitrogens is 2. The molecule has 1 rings (SSSR count). The van der Waals surface area contributed by atoms with E-state index in [0.717, 1.165) is 0 Å². The zero-order chi connectivity index (χ0) is 8.32. The number of rotatable bonds is 2. The summed E-state index contributed by atoms with van der Waals surface area (Å²) < 4.78 is 34.8. The molecule has 0 fully saturated rings. The Morgan fingerprint density at radius 3 is 2.64 bits per heavy atom. The quantitative estimate of drug-likeness (QED) is 0.710. The second-order valence-electron chi connectivity index (χ2n) is 2.19. The molecule has 0 aliphatic carbocycles. The number of alkyl halides is 3. The maximum absolute atomic E-state index is 11.6. The molecule has 62 valence electrons. The van der Waals surface area contributed by atoms with Crippen molar-refractivity contribution in [3.63, 3.8) is 0 Å². The van der Waals surface area contributed by atoms with Gasteiger partial charge in [-0.05, 0) is 6.42 Å². The van der Waals surface area contributed by atoms with Gasteiger partial charge in [-0.25, -0.2) is 4.98 Å². The van der Waals surface area contributed by atoms with E-state index < -0.39 is 12.6 Å². The first-order valence-electron chi connectivity index (χ1n) is 3.12. The molecule has 0 aliphatic heterocycles. The van der Waals surface area contributed by atoms with E-state index >= 15 is 0 Å². The minimum absolute atomic E-state index is 0.0243. The molecule has 11 heavy (non-hydrogen) atoms. The SMILES string of the molecule is FC(F)(F)CCc1cnc[nH]1. The topological polar surface area (TPSA) is 28.7 Å². The van der Waals surface area contributed by atoms with E-state index in [2.05, 4.69) is 9.97 Å². The van der Waals surface area contributed by atoms with Crippen LogP contribution in [0.4, 0.5) is 13.2 Å². The summed E-state index contributed by atoms with van der Waals surface area (Å²) >= 11 is 0. The zero-order valence-corrected chi connectivity index (χ0v) is 5.65. The molecule has 0 unspecified atom stereocenters. The highest BCUT2D eigenvalue weighted by Gasteiger charge is 2.26. The van der Waals surface area contributed by atoms with Crippen LogP contribution in [0.15, 0.2) is 12.5 Å². The minimum Gasteiger partial charge on any atom is -0.348 e. The highest BCUT2D eigenvalue weighted by molar-refractivity contribution is 4.94. The Morgan fingerprint density at radius 2 is 2.18 bits per heavy atom. The second kappa shape index (κ2) is 2.94. The van der Waals surface area contributed by atoms with Gasteiger partial charge in [0.25, 0.3) is 0 Å². The standard InChI is InChI=1S/C6H7F3N2/c7-6(8,9)2-1-5-3-10-4-11-5/h3-4H,1-2H2,(H,10,11). The molecule has 0 radical (unpaired) electrons. The van der Waals surface area contributed by atoms with Gasteiger partial charge in [0.2, 0.25) is 0 Å². The van der Waals surface area contributed by atoms with Crippen LogP contribution < -0.4 is 0 Å². The normalized spacial score (nSPS) is 11.9. The number of nitrogens with one attached hydrogen (secondary N) is 1. The molecule has 2 nitrogen and oxygen atoms in total. The van der Waals surface area contributed by atoms with Gasteiger partial charge < -0.3 is 4.98 Å². The lowest BCUT2D eigenvalue weighted by Gasteiger charge is -2.03. The lowest BCUT2D eigenvalue weighted by atomic mass is 10.2. The van der Waals surface area contributed by atoms with Gasteiger partial charge in [-0.3, -0.25) is 0 Å². The number of aromatic amines is 1. The Balaban J connectivity index is 2.35. The van der Waals surface area contributed by atoms with Gasteiger partial charge in [-0.1, -0.05) is 0 Å². The van der Waals surface area contributed by atoms with Crippen LogP contribution in [-0.4, -0.2) is 16.1 Å². The first-order chi connectivity index (χ1) is 5.08. The van der Waals surface area contributed by atoms with Crippen LogP contribution >= 0.6 is 0 Å². The third kappa shape index (κ3) is 3.06. The zero-order valence-electron chi connectivity index (χ0n) is 5.65. The number of imidazole rings is 1. The van der Waals surface area contributed by atoms with Crippen LogP contribution in [0.1, 0.15) is 12.1 Å². The van der Waals surface area contributed by atoms with Crippen molar-refractivity contribution >= 4 is 0 Å². The predicted molar refractivity (Wildman–Crippen MR) is 33.0 cm³/mol. The van der Waals surface area contributed by atoms with Gasteiger partial charge in [-0.2, -0.15) is 13.2 Å². The van der Waals surface area contributed by atoms with Crippen LogP contribution in [-0.2, 0) is 6.42 Å². The van der Waals surface area contributed by atoms with Crippen molar-refractivity contribution < 1.29 is 13.2 Å². The fourth-order valence-corrected chi connectivity index (χ4v) is 0.698. The van der Waals surface area contributed by atoms with Crippen LogP contribution in [0.5, 0.6) is 0 Å². The van der Waals surface area contributed by atoms with E-state index in [0.29, 0.717) is 5.69 Å². The summed E-state index contributed by atoms with van der Waals surface area (Å²) in [4.78, 5) is 6.20. The summed E-state index contributed by atoms with van der Waals surface area (Å²) in [7, 11) is 0. The summed E-state index contributed by atoms with van der Waals surface area (Å²) in [6.45, 7) is 0. The molecule has 1 aromatic rings. The van der Waals surface area contributed by atoms with E-state index in [1.807, 2.05) is 0 Å². The molecule has 5 heteroatoms. The number of nitrogens with zero attached hydrogens (tertiary/aromatic N) is 1. The number of halogens is 3. The summed E-state index contributed by atoms with van der Waals surface area (Å²) in [5, 5.41) is 0. The largest absolute Gasteiger partial charge is 0.389 e.